The number of unbranched alkanes of at least 4 members (excludes halogenated alkanes) is 1. The first-order valence-electron chi connectivity index (χ1n) is 6.85. The number of carbonyl (C=O) groups is 3. The van der Waals surface area contributed by atoms with Gasteiger partial charge < -0.3 is 19.7 Å². The Balaban J connectivity index is 4.93. The van der Waals surface area contributed by atoms with Crippen LogP contribution < -0.4 is 0 Å². The fourth-order valence-corrected chi connectivity index (χ4v) is 1.54. The molecule has 7 heteroatoms. The SMILES string of the molecule is CCCCOC(=O)C/C(C(=O)O)=C(/CCOCC)C(=O)O. The Kier molecular flexibility index (Phi) is 9.87. The molecule has 0 radical (unpaired) electrons. The second-order valence-corrected chi connectivity index (χ2v) is 4.27. The summed E-state index contributed by atoms with van der Waals surface area (Å²) in [7, 11) is 0. The molecule has 0 fully saturated rings. The zero-order chi connectivity index (χ0) is 16.3. The zero-order valence-electron chi connectivity index (χ0n) is 12.4. The molecule has 0 atom stereocenters. The molecule has 0 amide bonds. The molecule has 0 rings (SSSR count). The minimum Gasteiger partial charge on any atom is -0.478 e. The summed E-state index contributed by atoms with van der Waals surface area (Å²) < 4.78 is 9.88. The summed E-state index contributed by atoms with van der Waals surface area (Å²) in [5.74, 6) is -3.54. The van der Waals surface area contributed by atoms with Crippen molar-refractivity contribution in [1.82, 2.24) is 0 Å². The lowest BCUT2D eigenvalue weighted by atomic mass is 10.0. The molecule has 7 nitrogen and oxygen atoms in total. The number of hydrogen-bond donors (Lipinski definition) is 2. The van der Waals surface area contributed by atoms with Crippen LogP contribution in [0, 0.1) is 0 Å². The van der Waals surface area contributed by atoms with E-state index in [1.165, 1.54) is 0 Å². The van der Waals surface area contributed by atoms with Gasteiger partial charge in [-0.2, -0.15) is 0 Å². The molecule has 0 aliphatic carbocycles. The largest absolute Gasteiger partial charge is 0.478 e. The molecule has 21 heavy (non-hydrogen) atoms. The van der Waals surface area contributed by atoms with Crippen molar-refractivity contribution >= 4 is 17.9 Å². The molecule has 0 aromatic carbocycles. The highest BCUT2D eigenvalue weighted by atomic mass is 16.5. The molecule has 0 unspecified atom stereocenters. The lowest BCUT2D eigenvalue weighted by Gasteiger charge is -2.09. The van der Waals surface area contributed by atoms with Crippen molar-refractivity contribution in [1.29, 1.82) is 0 Å². The minimum atomic E-state index is -1.43. The van der Waals surface area contributed by atoms with Gasteiger partial charge in [0.05, 0.1) is 30.8 Å². The summed E-state index contributed by atoms with van der Waals surface area (Å²) in [6.07, 6.45) is 0.872. The Morgan fingerprint density at radius 2 is 1.57 bits per heavy atom. The van der Waals surface area contributed by atoms with Crippen molar-refractivity contribution in [2.24, 2.45) is 0 Å². The van der Waals surface area contributed by atoms with Gasteiger partial charge in [0.15, 0.2) is 0 Å². The smallest absolute Gasteiger partial charge is 0.332 e. The third-order valence-corrected chi connectivity index (χ3v) is 2.66. The first kappa shape index (κ1) is 19.1. The van der Waals surface area contributed by atoms with Crippen molar-refractivity contribution in [3.63, 3.8) is 0 Å². The van der Waals surface area contributed by atoms with Gasteiger partial charge >= 0.3 is 17.9 Å². The molecule has 0 saturated heterocycles. The van der Waals surface area contributed by atoms with E-state index in [1.54, 1.807) is 6.92 Å². The van der Waals surface area contributed by atoms with E-state index >= 15 is 0 Å². The van der Waals surface area contributed by atoms with Crippen LogP contribution in [0.5, 0.6) is 0 Å². The van der Waals surface area contributed by atoms with Crippen molar-refractivity contribution in [3.05, 3.63) is 11.1 Å². The van der Waals surface area contributed by atoms with Crippen LogP contribution in [-0.2, 0) is 23.9 Å². The third kappa shape index (κ3) is 8.09. The Bertz CT molecular complexity index is 398. The maximum atomic E-state index is 11.5. The Hall–Kier alpha value is -1.89. The van der Waals surface area contributed by atoms with E-state index in [2.05, 4.69) is 0 Å². The Morgan fingerprint density at radius 3 is 2.05 bits per heavy atom. The highest BCUT2D eigenvalue weighted by molar-refractivity contribution is 6.01. The van der Waals surface area contributed by atoms with Crippen molar-refractivity contribution in [2.45, 2.75) is 39.5 Å². The fraction of sp³-hybridized carbons (Fsp3) is 0.643. The van der Waals surface area contributed by atoms with E-state index < -0.39 is 29.9 Å². The second kappa shape index (κ2) is 10.8. The van der Waals surface area contributed by atoms with Crippen LogP contribution in [0.15, 0.2) is 11.1 Å². The molecule has 0 heterocycles. The predicted octanol–water partition coefficient (Wildman–Crippen LogP) is 1.61. The van der Waals surface area contributed by atoms with Gasteiger partial charge in [-0.25, -0.2) is 9.59 Å². The van der Waals surface area contributed by atoms with Crippen LogP contribution >= 0.6 is 0 Å². The lowest BCUT2D eigenvalue weighted by molar-refractivity contribution is -0.145. The average Bonchev–Trinajstić information content (AvgIpc) is 2.41. The number of esters is 1. The van der Waals surface area contributed by atoms with Gasteiger partial charge in [0.25, 0.3) is 0 Å². The maximum Gasteiger partial charge on any atom is 0.332 e. The summed E-state index contributed by atoms with van der Waals surface area (Å²) in [5.41, 5.74) is -0.785. The van der Waals surface area contributed by atoms with Gasteiger partial charge in [-0.1, -0.05) is 13.3 Å². The first-order chi connectivity index (χ1) is 9.93. The summed E-state index contributed by atoms with van der Waals surface area (Å²) in [5, 5.41) is 18.2. The van der Waals surface area contributed by atoms with E-state index in [0.717, 1.165) is 6.42 Å². The van der Waals surface area contributed by atoms with Crippen LogP contribution in [-0.4, -0.2) is 47.9 Å². The molecular formula is C14H22O7. The number of carbonyl (C=O) groups excluding carboxylic acids is 1. The molecule has 0 aliphatic heterocycles. The van der Waals surface area contributed by atoms with Gasteiger partial charge in [-0.15, -0.1) is 0 Å². The van der Waals surface area contributed by atoms with Gasteiger partial charge in [0, 0.05) is 13.0 Å². The number of rotatable bonds is 11. The second-order valence-electron chi connectivity index (χ2n) is 4.27. The molecule has 0 saturated carbocycles. The van der Waals surface area contributed by atoms with Gasteiger partial charge in [-0.05, 0) is 13.3 Å². The quantitative estimate of drug-likeness (QED) is 0.339. The highest BCUT2D eigenvalue weighted by Gasteiger charge is 2.23. The predicted molar refractivity (Wildman–Crippen MR) is 73.9 cm³/mol. The molecule has 0 aromatic rings. The molecule has 2 N–H and O–H groups in total. The number of ether oxygens (including phenoxy) is 2. The van der Waals surface area contributed by atoms with E-state index in [1.807, 2.05) is 6.92 Å². The summed E-state index contributed by atoms with van der Waals surface area (Å²) in [4.78, 5) is 33.9. The van der Waals surface area contributed by atoms with Crippen LogP contribution in [0.2, 0.25) is 0 Å². The summed E-state index contributed by atoms with van der Waals surface area (Å²) in [6, 6.07) is 0. The lowest BCUT2D eigenvalue weighted by Crippen LogP contribution is -2.17. The fourth-order valence-electron chi connectivity index (χ4n) is 1.54. The third-order valence-electron chi connectivity index (χ3n) is 2.66. The van der Waals surface area contributed by atoms with E-state index in [0.29, 0.717) is 13.0 Å². The van der Waals surface area contributed by atoms with Gasteiger partial charge in [-0.3, -0.25) is 4.79 Å². The number of carboxylic acids is 2. The first-order valence-corrected chi connectivity index (χ1v) is 6.85. The molecular weight excluding hydrogens is 280 g/mol. The highest BCUT2D eigenvalue weighted by Crippen LogP contribution is 2.15. The molecule has 0 aromatic heterocycles. The number of carboxylic acid groups (broad SMARTS) is 2. The zero-order valence-corrected chi connectivity index (χ0v) is 12.4. The Morgan fingerprint density at radius 1 is 0.952 bits per heavy atom. The van der Waals surface area contributed by atoms with E-state index in [-0.39, 0.29) is 25.2 Å². The monoisotopic (exact) mass is 302 g/mol. The van der Waals surface area contributed by atoms with Crippen LogP contribution in [0.4, 0.5) is 0 Å². The molecule has 0 bridgehead atoms. The van der Waals surface area contributed by atoms with Crippen molar-refractivity contribution in [3.8, 4) is 0 Å². The maximum absolute atomic E-state index is 11.5. The number of hydrogen-bond acceptors (Lipinski definition) is 5. The summed E-state index contributed by atoms with van der Waals surface area (Å²) in [6.45, 7) is 4.35. The van der Waals surface area contributed by atoms with Crippen molar-refractivity contribution < 1.29 is 34.1 Å². The standard InChI is InChI=1S/C14H22O7/c1-3-5-7-21-12(15)9-11(14(18)19)10(13(16)17)6-8-20-4-2/h3-9H2,1-2H3,(H,16,17)(H,18,19)/b11-10+. The molecule has 120 valence electrons. The van der Waals surface area contributed by atoms with E-state index in [4.69, 9.17) is 19.7 Å². The van der Waals surface area contributed by atoms with Gasteiger partial charge in [0.2, 0.25) is 0 Å². The number of aliphatic carboxylic acids is 2. The van der Waals surface area contributed by atoms with Crippen molar-refractivity contribution in [2.75, 3.05) is 19.8 Å². The van der Waals surface area contributed by atoms with Crippen LogP contribution in [0.1, 0.15) is 39.5 Å². The minimum absolute atomic E-state index is 0.0763. The normalized spacial score (nSPS) is 11.7. The van der Waals surface area contributed by atoms with Crippen LogP contribution in [0.3, 0.4) is 0 Å². The van der Waals surface area contributed by atoms with Crippen LogP contribution in [0.25, 0.3) is 0 Å². The van der Waals surface area contributed by atoms with E-state index in [9.17, 15) is 14.4 Å². The molecule has 0 spiro atoms. The van der Waals surface area contributed by atoms with Gasteiger partial charge in [0.1, 0.15) is 0 Å². The summed E-state index contributed by atoms with van der Waals surface area (Å²) >= 11 is 0. The molecule has 0 aliphatic rings. The topological polar surface area (TPSA) is 110 Å². The average molecular weight is 302 g/mol. The Labute approximate surface area is 123 Å².